The largest absolute Gasteiger partial charge is 0.387 e. The predicted octanol–water partition coefficient (Wildman–Crippen LogP) is 2.81. The Balaban J connectivity index is 1.50. The number of nitrogens with zero attached hydrogens (tertiary/aromatic N) is 2. The zero-order chi connectivity index (χ0) is 19.9. The lowest BCUT2D eigenvalue weighted by Crippen LogP contribution is -2.42. The van der Waals surface area contributed by atoms with Crippen LogP contribution in [-0.4, -0.2) is 46.6 Å². The number of amides is 3. The highest BCUT2D eigenvalue weighted by molar-refractivity contribution is 5.95. The molecule has 1 aliphatic heterocycles. The summed E-state index contributed by atoms with van der Waals surface area (Å²) >= 11 is 0. The zero-order valence-corrected chi connectivity index (χ0v) is 16.0. The van der Waals surface area contributed by atoms with Crippen LogP contribution in [0.15, 0.2) is 48.7 Å². The lowest BCUT2D eigenvalue weighted by Gasteiger charge is -2.34. The van der Waals surface area contributed by atoms with Gasteiger partial charge in [-0.05, 0) is 62.1 Å². The topological polar surface area (TPSA) is 94.6 Å². The summed E-state index contributed by atoms with van der Waals surface area (Å²) in [5, 5.41) is 16.1. The molecule has 3 N–H and O–H groups in total. The highest BCUT2D eigenvalue weighted by Crippen LogP contribution is 2.29. The van der Waals surface area contributed by atoms with Gasteiger partial charge in [0.05, 0.1) is 11.8 Å². The molecule has 1 fully saturated rings. The maximum Gasteiger partial charge on any atom is 0.321 e. The molecule has 1 aromatic heterocycles. The Morgan fingerprint density at radius 2 is 1.89 bits per heavy atom. The number of carbonyl (C=O) groups excluding carboxylic acids is 2. The van der Waals surface area contributed by atoms with Crippen molar-refractivity contribution in [3.8, 4) is 0 Å². The van der Waals surface area contributed by atoms with E-state index in [1.165, 1.54) is 0 Å². The molecule has 7 heteroatoms. The molecular formula is C21H26N4O3. The summed E-state index contributed by atoms with van der Waals surface area (Å²) in [6.45, 7) is 3.60. The Labute approximate surface area is 164 Å². The van der Waals surface area contributed by atoms with Gasteiger partial charge >= 0.3 is 6.03 Å². The third kappa shape index (κ3) is 4.86. The van der Waals surface area contributed by atoms with E-state index in [4.69, 9.17) is 0 Å². The number of anilines is 1. The van der Waals surface area contributed by atoms with Crippen molar-refractivity contribution in [2.45, 2.75) is 25.9 Å². The molecule has 1 aromatic carbocycles. The molecule has 1 atom stereocenters. The van der Waals surface area contributed by atoms with Gasteiger partial charge in [-0.3, -0.25) is 9.78 Å². The number of nitrogens with one attached hydrogen (secondary N) is 2. The van der Waals surface area contributed by atoms with E-state index in [1.54, 1.807) is 35.4 Å². The fourth-order valence-electron chi connectivity index (χ4n) is 3.38. The van der Waals surface area contributed by atoms with Crippen molar-refractivity contribution in [3.63, 3.8) is 0 Å². The van der Waals surface area contributed by atoms with Crippen LogP contribution in [0.25, 0.3) is 0 Å². The van der Waals surface area contributed by atoms with Crippen LogP contribution in [0.1, 0.15) is 41.9 Å². The Kier molecular flexibility index (Phi) is 6.60. The molecule has 3 amide bonds. The van der Waals surface area contributed by atoms with Gasteiger partial charge in [0.1, 0.15) is 0 Å². The zero-order valence-electron chi connectivity index (χ0n) is 16.0. The fraction of sp³-hybridized carbons (Fsp3) is 0.381. The Morgan fingerprint density at radius 3 is 2.50 bits per heavy atom. The van der Waals surface area contributed by atoms with Gasteiger partial charge in [-0.25, -0.2) is 4.79 Å². The molecule has 0 spiro atoms. The minimum absolute atomic E-state index is 0.0929. The van der Waals surface area contributed by atoms with Gasteiger partial charge in [0.25, 0.3) is 5.91 Å². The van der Waals surface area contributed by atoms with Crippen molar-refractivity contribution in [3.05, 3.63) is 59.9 Å². The number of carbonyl (C=O) groups is 2. The third-order valence-electron chi connectivity index (χ3n) is 5.00. The molecular weight excluding hydrogens is 356 g/mol. The first-order valence-electron chi connectivity index (χ1n) is 9.61. The number of likely N-dealkylation sites (tertiary alicyclic amines) is 1. The van der Waals surface area contributed by atoms with Crippen LogP contribution < -0.4 is 10.6 Å². The summed E-state index contributed by atoms with van der Waals surface area (Å²) < 4.78 is 0. The summed E-state index contributed by atoms with van der Waals surface area (Å²) in [5.41, 5.74) is 1.88. The van der Waals surface area contributed by atoms with E-state index in [0.717, 1.165) is 12.8 Å². The highest BCUT2D eigenvalue weighted by atomic mass is 16.3. The number of piperidine rings is 1. The van der Waals surface area contributed by atoms with E-state index in [2.05, 4.69) is 15.6 Å². The van der Waals surface area contributed by atoms with E-state index >= 15 is 0 Å². The minimum Gasteiger partial charge on any atom is -0.387 e. The second-order valence-corrected chi connectivity index (χ2v) is 6.89. The average Bonchev–Trinajstić information content (AvgIpc) is 2.74. The first-order valence-corrected chi connectivity index (χ1v) is 9.61. The monoisotopic (exact) mass is 382 g/mol. The summed E-state index contributed by atoms with van der Waals surface area (Å²) in [5.74, 6) is -0.0378. The summed E-state index contributed by atoms with van der Waals surface area (Å²) in [7, 11) is 0. The van der Waals surface area contributed by atoms with Crippen LogP contribution in [-0.2, 0) is 0 Å². The molecule has 0 unspecified atom stereocenters. The van der Waals surface area contributed by atoms with Gasteiger partial charge in [0.15, 0.2) is 0 Å². The SMILES string of the molecule is CCNC(=O)c1ccc(NC(=O)N2CCC([C@@H](O)c3ccccn3)CC2)cc1. The number of aliphatic hydroxyl groups is 1. The third-order valence-corrected chi connectivity index (χ3v) is 5.00. The van der Waals surface area contributed by atoms with Gasteiger partial charge in [0.2, 0.25) is 0 Å². The van der Waals surface area contributed by atoms with Crippen molar-refractivity contribution in [2.24, 2.45) is 5.92 Å². The number of rotatable bonds is 5. The van der Waals surface area contributed by atoms with E-state index < -0.39 is 6.10 Å². The van der Waals surface area contributed by atoms with Gasteiger partial charge in [-0.2, -0.15) is 0 Å². The maximum absolute atomic E-state index is 12.5. The van der Waals surface area contributed by atoms with E-state index in [-0.39, 0.29) is 17.9 Å². The highest BCUT2D eigenvalue weighted by Gasteiger charge is 2.28. The van der Waals surface area contributed by atoms with Crippen LogP contribution in [0.4, 0.5) is 10.5 Å². The lowest BCUT2D eigenvalue weighted by atomic mass is 9.89. The standard InChI is InChI=1S/C21H26N4O3/c1-2-22-20(27)16-6-8-17(9-7-16)24-21(28)25-13-10-15(11-14-25)19(26)18-5-3-4-12-23-18/h3-9,12,15,19,26H,2,10-11,13-14H2,1H3,(H,22,27)(H,24,28)/t19-/m1/s1. The van der Waals surface area contributed by atoms with Gasteiger partial charge in [-0.15, -0.1) is 0 Å². The Morgan fingerprint density at radius 1 is 1.18 bits per heavy atom. The molecule has 28 heavy (non-hydrogen) atoms. The number of hydrogen-bond acceptors (Lipinski definition) is 4. The molecule has 0 radical (unpaired) electrons. The molecule has 3 rings (SSSR count). The van der Waals surface area contributed by atoms with E-state index in [1.807, 2.05) is 25.1 Å². The Hall–Kier alpha value is -2.93. The van der Waals surface area contributed by atoms with Crippen LogP contribution in [0.5, 0.6) is 0 Å². The molecule has 0 saturated carbocycles. The predicted molar refractivity (Wildman–Crippen MR) is 107 cm³/mol. The number of hydrogen-bond donors (Lipinski definition) is 3. The normalized spacial score (nSPS) is 15.7. The van der Waals surface area contributed by atoms with Crippen molar-refractivity contribution in [1.29, 1.82) is 0 Å². The van der Waals surface area contributed by atoms with Crippen LogP contribution in [0.3, 0.4) is 0 Å². The van der Waals surface area contributed by atoms with Crippen molar-refractivity contribution < 1.29 is 14.7 Å². The molecule has 7 nitrogen and oxygen atoms in total. The van der Waals surface area contributed by atoms with Crippen LogP contribution >= 0.6 is 0 Å². The van der Waals surface area contributed by atoms with Gasteiger partial charge in [0, 0.05) is 37.1 Å². The van der Waals surface area contributed by atoms with Crippen molar-refractivity contribution >= 4 is 17.6 Å². The molecule has 2 heterocycles. The molecule has 0 bridgehead atoms. The van der Waals surface area contributed by atoms with Crippen LogP contribution in [0, 0.1) is 5.92 Å². The van der Waals surface area contributed by atoms with E-state index in [9.17, 15) is 14.7 Å². The minimum atomic E-state index is -0.603. The second kappa shape index (κ2) is 9.32. The molecule has 1 saturated heterocycles. The number of pyridine rings is 1. The van der Waals surface area contributed by atoms with E-state index in [0.29, 0.717) is 36.6 Å². The maximum atomic E-state index is 12.5. The van der Waals surface area contributed by atoms with Crippen LogP contribution in [0.2, 0.25) is 0 Å². The molecule has 0 aliphatic carbocycles. The number of benzene rings is 1. The lowest BCUT2D eigenvalue weighted by molar-refractivity contribution is 0.0652. The quantitative estimate of drug-likeness (QED) is 0.741. The summed E-state index contributed by atoms with van der Waals surface area (Å²) in [6, 6.07) is 12.2. The van der Waals surface area contributed by atoms with Gasteiger partial charge < -0.3 is 20.6 Å². The fourth-order valence-corrected chi connectivity index (χ4v) is 3.38. The first-order chi connectivity index (χ1) is 13.6. The number of urea groups is 1. The second-order valence-electron chi connectivity index (χ2n) is 6.89. The molecule has 2 aromatic rings. The van der Waals surface area contributed by atoms with Gasteiger partial charge in [-0.1, -0.05) is 6.07 Å². The Bertz CT molecular complexity index is 787. The summed E-state index contributed by atoms with van der Waals surface area (Å²) in [6.07, 6.45) is 2.52. The molecule has 148 valence electrons. The van der Waals surface area contributed by atoms with Crippen molar-refractivity contribution in [2.75, 3.05) is 25.0 Å². The molecule has 1 aliphatic rings. The smallest absolute Gasteiger partial charge is 0.321 e. The van der Waals surface area contributed by atoms with Crippen molar-refractivity contribution in [1.82, 2.24) is 15.2 Å². The average molecular weight is 382 g/mol. The first kappa shape index (κ1) is 19.8. The number of aliphatic hydroxyl groups excluding tert-OH is 1. The number of aromatic nitrogens is 1. The summed E-state index contributed by atoms with van der Waals surface area (Å²) in [4.78, 5) is 30.3.